The molecule has 0 nitrogen and oxygen atoms in total. The minimum atomic E-state index is 0.338. The lowest BCUT2D eigenvalue weighted by Gasteiger charge is -2.04. The molecule has 2 rings (SSSR count). The Morgan fingerprint density at radius 1 is 0.692 bits per heavy atom. The van der Waals surface area contributed by atoms with E-state index in [4.69, 9.17) is 0 Å². The fourth-order valence-electron chi connectivity index (χ4n) is 2.68. The minimum Gasteiger partial charge on any atom is -0.0721 e. The predicted octanol–water partition coefficient (Wildman–Crippen LogP) is 4.85. The Labute approximate surface area is 98.1 Å². The molecule has 0 aromatic heterocycles. The molecule has 0 saturated heterocycles. The van der Waals surface area contributed by atoms with Crippen molar-refractivity contribution in [3.63, 3.8) is 0 Å². The summed E-state index contributed by atoms with van der Waals surface area (Å²) in [6.07, 6.45) is 11.6. The van der Waals surface area contributed by atoms with Crippen molar-refractivity contribution >= 4 is 31.9 Å². The van der Waals surface area contributed by atoms with Crippen LogP contribution in [0.25, 0.3) is 0 Å². The van der Waals surface area contributed by atoms with Gasteiger partial charge in [-0.15, -0.1) is 0 Å². The largest absolute Gasteiger partial charge is 0.0868 e. The topological polar surface area (TPSA) is 0 Å². The van der Waals surface area contributed by atoms with Gasteiger partial charge in [-0.1, -0.05) is 70.4 Å². The fraction of sp³-hybridized carbons (Fsp3) is 1.00. The first-order chi connectivity index (χ1) is 6.23. The molecule has 2 heteroatoms. The second kappa shape index (κ2) is 4.22. The van der Waals surface area contributed by atoms with Crippen LogP contribution in [-0.2, 0) is 0 Å². The molecule has 13 heavy (non-hydrogen) atoms. The summed E-state index contributed by atoms with van der Waals surface area (Å²) in [6, 6.07) is 0. The van der Waals surface area contributed by atoms with E-state index < -0.39 is 0 Å². The summed E-state index contributed by atoms with van der Waals surface area (Å²) in [5, 5.41) is 0. The summed E-state index contributed by atoms with van der Waals surface area (Å²) in [5.41, 5.74) is 0. The molecule has 0 N–H and O–H groups in total. The third-order valence-electron chi connectivity index (χ3n) is 3.65. The second-order valence-corrected chi connectivity index (χ2v) is 8.27. The van der Waals surface area contributed by atoms with E-state index in [0.29, 0.717) is 3.23 Å². The Morgan fingerprint density at radius 3 is 1.54 bits per heavy atom. The molecule has 0 aromatic carbocycles. The van der Waals surface area contributed by atoms with E-state index in [1.807, 2.05) is 0 Å². The normalized spacial score (nSPS) is 39.2. The zero-order valence-corrected chi connectivity index (χ0v) is 11.2. The molecule has 2 unspecified atom stereocenters. The molecule has 0 amide bonds. The van der Waals surface area contributed by atoms with Gasteiger partial charge in [-0.2, -0.15) is 0 Å². The average molecular weight is 310 g/mol. The van der Waals surface area contributed by atoms with Crippen molar-refractivity contribution < 1.29 is 0 Å². The van der Waals surface area contributed by atoms with Crippen molar-refractivity contribution in [3.05, 3.63) is 0 Å². The average Bonchev–Trinajstić information content (AvgIpc) is 2.63. The lowest BCUT2D eigenvalue weighted by atomic mass is 10.0. The second-order valence-electron chi connectivity index (χ2n) is 4.59. The molecule has 2 aliphatic rings. The number of fused-ring (bicyclic) bond motifs is 1. The molecule has 0 aromatic rings. The Kier molecular flexibility index (Phi) is 3.40. The SMILES string of the molecule is BrC1(Br)C2CCCCCCCCC21. The van der Waals surface area contributed by atoms with Crippen LogP contribution >= 0.6 is 31.9 Å². The van der Waals surface area contributed by atoms with Crippen molar-refractivity contribution in [2.24, 2.45) is 11.8 Å². The zero-order valence-electron chi connectivity index (χ0n) is 8.07. The van der Waals surface area contributed by atoms with Gasteiger partial charge in [0.25, 0.3) is 0 Å². The van der Waals surface area contributed by atoms with Gasteiger partial charge < -0.3 is 0 Å². The van der Waals surface area contributed by atoms with Gasteiger partial charge in [0.1, 0.15) is 0 Å². The van der Waals surface area contributed by atoms with Crippen molar-refractivity contribution in [2.45, 2.75) is 54.6 Å². The highest BCUT2D eigenvalue weighted by Gasteiger charge is 2.59. The van der Waals surface area contributed by atoms with Crippen LogP contribution in [0.4, 0.5) is 0 Å². The Morgan fingerprint density at radius 2 is 1.08 bits per heavy atom. The molecule has 0 bridgehead atoms. The predicted molar refractivity (Wildman–Crippen MR) is 64.5 cm³/mol. The van der Waals surface area contributed by atoms with Gasteiger partial charge >= 0.3 is 0 Å². The quantitative estimate of drug-likeness (QED) is 0.561. The molecule has 2 saturated carbocycles. The van der Waals surface area contributed by atoms with E-state index >= 15 is 0 Å². The molecular formula is C11H18Br2. The highest BCUT2D eigenvalue weighted by atomic mass is 79.9. The van der Waals surface area contributed by atoms with E-state index in [1.54, 1.807) is 0 Å². The Bertz CT molecular complexity index is 159. The molecule has 0 heterocycles. The first-order valence-electron chi connectivity index (χ1n) is 5.61. The lowest BCUT2D eigenvalue weighted by molar-refractivity contribution is 0.489. The first kappa shape index (κ1) is 10.5. The monoisotopic (exact) mass is 308 g/mol. The van der Waals surface area contributed by atoms with Gasteiger partial charge in [0.15, 0.2) is 0 Å². The van der Waals surface area contributed by atoms with E-state index in [1.165, 1.54) is 51.4 Å². The third-order valence-corrected chi connectivity index (χ3v) is 6.00. The minimum absolute atomic E-state index is 0.338. The van der Waals surface area contributed by atoms with Gasteiger partial charge in [0.05, 0.1) is 3.23 Å². The van der Waals surface area contributed by atoms with Gasteiger partial charge in [-0.25, -0.2) is 0 Å². The van der Waals surface area contributed by atoms with Crippen LogP contribution in [-0.4, -0.2) is 3.23 Å². The highest BCUT2D eigenvalue weighted by molar-refractivity contribution is 9.25. The molecule has 2 fully saturated rings. The first-order valence-corrected chi connectivity index (χ1v) is 7.19. The van der Waals surface area contributed by atoms with E-state index in [-0.39, 0.29) is 0 Å². The summed E-state index contributed by atoms with van der Waals surface area (Å²) in [7, 11) is 0. The number of hydrogen-bond donors (Lipinski definition) is 0. The van der Waals surface area contributed by atoms with Crippen LogP contribution in [0.1, 0.15) is 51.4 Å². The van der Waals surface area contributed by atoms with Crippen molar-refractivity contribution in [2.75, 3.05) is 0 Å². The van der Waals surface area contributed by atoms with E-state index in [9.17, 15) is 0 Å². The summed E-state index contributed by atoms with van der Waals surface area (Å²) in [6.45, 7) is 0. The van der Waals surface area contributed by atoms with Crippen molar-refractivity contribution in [1.82, 2.24) is 0 Å². The summed E-state index contributed by atoms with van der Waals surface area (Å²) in [4.78, 5) is 0. The van der Waals surface area contributed by atoms with Crippen molar-refractivity contribution in [3.8, 4) is 0 Å². The van der Waals surface area contributed by atoms with Crippen molar-refractivity contribution in [1.29, 1.82) is 0 Å². The van der Waals surface area contributed by atoms with Gasteiger partial charge in [-0.05, 0) is 24.7 Å². The standard InChI is InChI=1S/C11H18Br2/c12-11(13)9-7-5-3-1-2-4-6-8-10(9)11/h9-10H,1-8H2. The summed E-state index contributed by atoms with van der Waals surface area (Å²) in [5.74, 6) is 1.84. The number of rotatable bonds is 0. The van der Waals surface area contributed by atoms with Gasteiger partial charge in [-0.3, -0.25) is 0 Å². The molecule has 0 spiro atoms. The van der Waals surface area contributed by atoms with Crippen LogP contribution < -0.4 is 0 Å². The van der Waals surface area contributed by atoms with Crippen LogP contribution in [0, 0.1) is 11.8 Å². The smallest absolute Gasteiger partial charge is 0.0721 e. The maximum atomic E-state index is 3.82. The highest BCUT2D eigenvalue weighted by Crippen LogP contribution is 2.65. The summed E-state index contributed by atoms with van der Waals surface area (Å²) >= 11 is 7.63. The van der Waals surface area contributed by atoms with Crippen LogP contribution in [0.2, 0.25) is 0 Å². The third kappa shape index (κ3) is 2.31. The maximum Gasteiger partial charge on any atom is 0.0868 e. The van der Waals surface area contributed by atoms with Gasteiger partial charge in [0, 0.05) is 0 Å². The lowest BCUT2D eigenvalue weighted by Crippen LogP contribution is -1.89. The fourth-order valence-corrected chi connectivity index (χ4v) is 4.61. The van der Waals surface area contributed by atoms with Crippen LogP contribution in [0.5, 0.6) is 0 Å². The number of alkyl halides is 2. The number of hydrogen-bond acceptors (Lipinski definition) is 0. The molecule has 2 aliphatic carbocycles. The molecular weight excluding hydrogens is 292 g/mol. The summed E-state index contributed by atoms with van der Waals surface area (Å²) < 4.78 is 0.338. The molecule has 76 valence electrons. The number of halogens is 2. The molecule has 0 aliphatic heterocycles. The Hall–Kier alpha value is 0.960. The molecule has 0 radical (unpaired) electrons. The Balaban J connectivity index is 1.87. The molecule has 2 atom stereocenters. The van der Waals surface area contributed by atoms with E-state index in [0.717, 1.165) is 11.8 Å². The van der Waals surface area contributed by atoms with Crippen LogP contribution in [0.3, 0.4) is 0 Å². The van der Waals surface area contributed by atoms with E-state index in [2.05, 4.69) is 31.9 Å². The van der Waals surface area contributed by atoms with Crippen LogP contribution in [0.15, 0.2) is 0 Å². The van der Waals surface area contributed by atoms with Gasteiger partial charge in [0.2, 0.25) is 0 Å². The zero-order chi connectivity index (χ0) is 9.31. The maximum absolute atomic E-state index is 3.82.